The van der Waals surface area contributed by atoms with E-state index in [1.54, 1.807) is 13.2 Å². The Morgan fingerprint density at radius 1 is 1.26 bits per heavy atom. The van der Waals surface area contributed by atoms with Gasteiger partial charge in [-0.15, -0.1) is 12.3 Å². The summed E-state index contributed by atoms with van der Waals surface area (Å²) in [5.74, 6) is 2.76. The highest BCUT2D eigenvalue weighted by Gasteiger charge is 2.38. The van der Waals surface area contributed by atoms with Gasteiger partial charge in [0.1, 0.15) is 12.3 Å². The summed E-state index contributed by atoms with van der Waals surface area (Å²) in [6.07, 6.45) is 7.25. The lowest BCUT2D eigenvalue weighted by Crippen LogP contribution is -2.29. The summed E-state index contributed by atoms with van der Waals surface area (Å²) in [5.41, 5.74) is -0.103. The number of hydrogen-bond donors (Lipinski definition) is 1. The Bertz CT molecular complexity index is 882. The molecule has 0 radical (unpaired) electrons. The van der Waals surface area contributed by atoms with Crippen molar-refractivity contribution in [3.63, 3.8) is 0 Å². The molecule has 0 spiro atoms. The predicted molar refractivity (Wildman–Crippen MR) is 102 cm³/mol. The van der Waals surface area contributed by atoms with Gasteiger partial charge >= 0.3 is 0 Å². The number of pyridine rings is 1. The Kier molecular flexibility index (Phi) is 5.99. The summed E-state index contributed by atoms with van der Waals surface area (Å²) in [7, 11) is 1.60. The molecule has 27 heavy (non-hydrogen) atoms. The second-order valence-electron chi connectivity index (χ2n) is 6.27. The monoisotopic (exact) mass is 366 g/mol. The van der Waals surface area contributed by atoms with Crippen LogP contribution in [0.15, 0.2) is 40.6 Å². The average molecular weight is 366 g/mol. The molecule has 1 N–H and O–H groups in total. The van der Waals surface area contributed by atoms with Gasteiger partial charge in [0, 0.05) is 38.3 Å². The van der Waals surface area contributed by atoms with Gasteiger partial charge in [-0.2, -0.15) is 10.2 Å². The van der Waals surface area contributed by atoms with E-state index in [2.05, 4.69) is 26.4 Å². The van der Waals surface area contributed by atoms with Crippen LogP contribution in [0.3, 0.4) is 0 Å². The molecule has 0 saturated heterocycles. The Morgan fingerprint density at radius 3 is 2.81 bits per heavy atom. The largest absolute Gasteiger partial charge is 0.475 e. The molecule has 0 bridgehead atoms. The smallest absolute Gasteiger partial charge is 0.270 e. The topological polar surface area (TPSA) is 85.2 Å². The van der Waals surface area contributed by atoms with E-state index in [9.17, 15) is 4.79 Å². The molecule has 1 aromatic carbocycles. The fourth-order valence-electron chi connectivity index (χ4n) is 2.75. The predicted octanol–water partition coefficient (Wildman–Crippen LogP) is 2.96. The summed E-state index contributed by atoms with van der Waals surface area (Å²) in [5, 5.41) is 12.8. The number of nitrogens with one attached hydrogen (secondary N) is 1. The molecule has 0 saturated carbocycles. The molecule has 1 aliphatic rings. The third-order valence-electron chi connectivity index (χ3n) is 4.33. The highest BCUT2D eigenvalue weighted by atomic mass is 16.5. The van der Waals surface area contributed by atoms with Crippen molar-refractivity contribution in [2.24, 2.45) is 10.2 Å². The van der Waals surface area contributed by atoms with E-state index in [0.717, 1.165) is 10.8 Å². The maximum Gasteiger partial charge on any atom is 0.270 e. The number of carbonyl (C=O) groups is 1. The first-order valence-corrected chi connectivity index (χ1v) is 8.85. The molecule has 7 nitrogen and oxygen atoms in total. The molecule has 0 fully saturated rings. The fraction of sp³-hybridized carbons (Fsp3) is 0.400. The summed E-state index contributed by atoms with van der Waals surface area (Å²) < 4.78 is 10.7. The highest BCUT2D eigenvalue weighted by molar-refractivity contribution is 5.98. The van der Waals surface area contributed by atoms with E-state index in [-0.39, 0.29) is 5.91 Å². The van der Waals surface area contributed by atoms with Gasteiger partial charge in [0.15, 0.2) is 5.66 Å². The zero-order chi connectivity index (χ0) is 19.1. The van der Waals surface area contributed by atoms with Crippen LogP contribution < -0.4 is 10.1 Å². The number of terminal acetylenes is 1. The Hall–Kier alpha value is -2.98. The number of hydrogen-bond acceptors (Lipinski definition) is 6. The molecule has 0 unspecified atom stereocenters. The first-order chi connectivity index (χ1) is 13.2. The van der Waals surface area contributed by atoms with Crippen molar-refractivity contribution >= 4 is 16.7 Å². The standard InChI is InChI=1S/C20H22N4O3/c1-3-4-9-20(23-24-20)10-11-21-18(25)17-14-15-7-5-6-8-16(15)19(22-17)27-13-12-26-2/h1,5-8,14H,4,9-13H2,2H3,(H,21,25). The third-order valence-corrected chi connectivity index (χ3v) is 4.33. The lowest BCUT2D eigenvalue weighted by atomic mass is 10.0. The second-order valence-corrected chi connectivity index (χ2v) is 6.27. The minimum atomic E-state index is -0.412. The summed E-state index contributed by atoms with van der Waals surface area (Å²) in [6, 6.07) is 9.42. The number of fused-ring (bicyclic) bond motifs is 1. The van der Waals surface area contributed by atoms with Crippen LogP contribution in [0.1, 0.15) is 29.8 Å². The number of aromatic nitrogens is 1. The molecular weight excluding hydrogens is 344 g/mol. The SMILES string of the molecule is C#CCCC1(CCNC(=O)c2cc3ccccc3c(OCCOC)n2)N=N1. The van der Waals surface area contributed by atoms with Gasteiger partial charge in [-0.25, -0.2) is 4.98 Å². The van der Waals surface area contributed by atoms with Gasteiger partial charge in [-0.05, 0) is 17.5 Å². The number of ether oxygens (including phenoxy) is 2. The highest BCUT2D eigenvalue weighted by Crippen LogP contribution is 2.36. The number of rotatable bonds is 10. The second kappa shape index (κ2) is 8.60. The molecule has 3 rings (SSSR count). The van der Waals surface area contributed by atoms with Crippen LogP contribution >= 0.6 is 0 Å². The molecule has 2 heterocycles. The molecule has 2 aromatic rings. The van der Waals surface area contributed by atoms with Crippen molar-refractivity contribution in [2.45, 2.75) is 24.9 Å². The van der Waals surface area contributed by atoms with E-state index in [0.29, 0.717) is 50.6 Å². The van der Waals surface area contributed by atoms with E-state index in [1.807, 2.05) is 24.3 Å². The van der Waals surface area contributed by atoms with Gasteiger partial charge in [-0.3, -0.25) is 4.79 Å². The summed E-state index contributed by atoms with van der Waals surface area (Å²) >= 11 is 0. The van der Waals surface area contributed by atoms with Crippen LogP contribution in [-0.4, -0.2) is 43.4 Å². The first kappa shape index (κ1) is 18.8. The molecular formula is C20H22N4O3. The van der Waals surface area contributed by atoms with Crippen molar-refractivity contribution in [1.29, 1.82) is 0 Å². The van der Waals surface area contributed by atoms with Crippen molar-refractivity contribution in [3.8, 4) is 18.2 Å². The minimum Gasteiger partial charge on any atom is -0.475 e. The normalized spacial score (nSPS) is 13.9. The fourth-order valence-corrected chi connectivity index (χ4v) is 2.75. The van der Waals surface area contributed by atoms with Gasteiger partial charge in [0.2, 0.25) is 5.88 Å². The van der Waals surface area contributed by atoms with E-state index < -0.39 is 5.66 Å². The van der Waals surface area contributed by atoms with Crippen molar-refractivity contribution in [3.05, 3.63) is 36.0 Å². The molecule has 0 aliphatic carbocycles. The van der Waals surface area contributed by atoms with Crippen LogP contribution in [0.2, 0.25) is 0 Å². The van der Waals surface area contributed by atoms with Crippen LogP contribution in [0.5, 0.6) is 5.88 Å². The van der Waals surface area contributed by atoms with Crippen LogP contribution in [0.25, 0.3) is 10.8 Å². The number of amides is 1. The summed E-state index contributed by atoms with van der Waals surface area (Å²) in [6.45, 7) is 1.25. The molecule has 1 amide bonds. The minimum absolute atomic E-state index is 0.259. The lowest BCUT2D eigenvalue weighted by molar-refractivity contribution is 0.0945. The van der Waals surface area contributed by atoms with Crippen LogP contribution in [0, 0.1) is 12.3 Å². The Labute approximate surface area is 158 Å². The number of carbonyl (C=O) groups excluding carboxylic acids is 1. The van der Waals surface area contributed by atoms with Crippen LogP contribution in [-0.2, 0) is 4.74 Å². The van der Waals surface area contributed by atoms with Gasteiger partial charge in [-0.1, -0.05) is 18.2 Å². The zero-order valence-corrected chi connectivity index (χ0v) is 15.3. The van der Waals surface area contributed by atoms with Gasteiger partial charge in [0.05, 0.1) is 6.61 Å². The van der Waals surface area contributed by atoms with E-state index in [4.69, 9.17) is 15.9 Å². The summed E-state index contributed by atoms with van der Waals surface area (Å²) in [4.78, 5) is 16.9. The lowest BCUT2D eigenvalue weighted by Gasteiger charge is -2.12. The average Bonchev–Trinajstić information content (AvgIpc) is 3.46. The molecule has 7 heteroatoms. The molecule has 0 atom stereocenters. The number of methoxy groups -OCH3 is 1. The molecule has 1 aliphatic heterocycles. The first-order valence-electron chi connectivity index (χ1n) is 8.85. The molecule has 140 valence electrons. The third kappa shape index (κ3) is 4.80. The van der Waals surface area contributed by atoms with Gasteiger partial charge in [0.25, 0.3) is 5.91 Å². The zero-order valence-electron chi connectivity index (χ0n) is 15.3. The van der Waals surface area contributed by atoms with E-state index >= 15 is 0 Å². The van der Waals surface area contributed by atoms with Crippen molar-refractivity contribution in [2.75, 3.05) is 26.9 Å². The number of benzene rings is 1. The van der Waals surface area contributed by atoms with E-state index in [1.165, 1.54) is 0 Å². The number of nitrogens with zero attached hydrogens (tertiary/aromatic N) is 3. The van der Waals surface area contributed by atoms with Gasteiger partial charge < -0.3 is 14.8 Å². The quantitative estimate of drug-likeness (QED) is 0.517. The molecule has 1 aromatic heterocycles. The van der Waals surface area contributed by atoms with Crippen molar-refractivity contribution < 1.29 is 14.3 Å². The Balaban J connectivity index is 1.66. The van der Waals surface area contributed by atoms with Crippen molar-refractivity contribution in [1.82, 2.24) is 10.3 Å². The van der Waals surface area contributed by atoms with Crippen LogP contribution in [0.4, 0.5) is 0 Å². The Morgan fingerprint density at radius 2 is 2.07 bits per heavy atom. The maximum atomic E-state index is 12.5. The maximum absolute atomic E-state index is 12.5.